The van der Waals surface area contributed by atoms with Crippen LogP contribution in [0.5, 0.6) is 0 Å². The molecule has 0 bridgehead atoms. The number of carbonyl (C=O) groups is 4. The number of rotatable bonds is 11. The van der Waals surface area contributed by atoms with Gasteiger partial charge in [0.15, 0.2) is 0 Å². The van der Waals surface area contributed by atoms with Crippen LogP contribution in [0.25, 0.3) is 43.1 Å². The molecule has 0 aliphatic heterocycles. The van der Waals surface area contributed by atoms with Crippen LogP contribution >= 0.6 is 0 Å². The van der Waals surface area contributed by atoms with Crippen LogP contribution in [0, 0.1) is 10.8 Å². The number of hydrogen-bond donors (Lipinski definition) is 2. The second kappa shape index (κ2) is 18.4. The van der Waals surface area contributed by atoms with Gasteiger partial charge >= 0.3 is 23.9 Å². The molecule has 0 heterocycles. The number of carboxylic acid groups (broad SMARTS) is 2. The Morgan fingerprint density at radius 3 is 1.18 bits per heavy atom. The van der Waals surface area contributed by atoms with E-state index < -0.39 is 22.8 Å². The Kier molecular flexibility index (Phi) is 13.9. The van der Waals surface area contributed by atoms with Crippen molar-refractivity contribution in [3.8, 4) is 0 Å². The van der Waals surface area contributed by atoms with Crippen molar-refractivity contribution in [3.63, 3.8) is 0 Å². The summed E-state index contributed by atoms with van der Waals surface area (Å²) in [4.78, 5) is 45.4. The molecule has 0 saturated heterocycles. The first-order valence-electron chi connectivity index (χ1n) is 18.3. The van der Waals surface area contributed by atoms with Gasteiger partial charge in [-0.3, -0.25) is 9.59 Å². The summed E-state index contributed by atoms with van der Waals surface area (Å²) < 4.78 is 11.1. The van der Waals surface area contributed by atoms with Crippen molar-refractivity contribution in [3.05, 3.63) is 145 Å². The SMILES string of the molecule is C=C(C)C(=O)O.C=C(C)C(=O)OCc1c2ccccc2cc2ccccc12.CC(C)(CCC(C)(C)C(=O)OCc1c2ccccc2cc2ccccc12)C(=O)O. The summed E-state index contributed by atoms with van der Waals surface area (Å²) in [6.07, 6.45) is 0.850. The van der Waals surface area contributed by atoms with Crippen molar-refractivity contribution in [2.75, 3.05) is 0 Å². The van der Waals surface area contributed by atoms with E-state index in [2.05, 4.69) is 61.7 Å². The van der Waals surface area contributed by atoms with E-state index in [4.69, 9.17) is 14.6 Å². The standard InChI is InChI=1S/C25H28O4.C19H16O2.C4H6O2/c1-24(2,22(26)27)13-14-25(3,4)23(28)29-16-21-19-11-7-5-9-17(19)15-18-10-6-8-12-20(18)21;1-13(2)19(20)21-12-18-16-9-5-3-7-14(16)11-15-8-4-6-10-17(15)18;1-3(2)4(5)6/h5-12,15H,13-14,16H2,1-4H3,(H,26,27);3-11H,1,12H2,2H3;1H2,2H3,(H,5,6). The largest absolute Gasteiger partial charge is 0.481 e. The van der Waals surface area contributed by atoms with Gasteiger partial charge in [-0.2, -0.15) is 0 Å². The molecule has 8 heteroatoms. The highest BCUT2D eigenvalue weighted by Crippen LogP contribution is 2.34. The van der Waals surface area contributed by atoms with E-state index in [0.29, 0.717) is 18.4 Å². The van der Waals surface area contributed by atoms with Gasteiger partial charge in [0, 0.05) is 22.3 Å². The fraction of sp³-hybridized carbons (Fsp3) is 0.250. The van der Waals surface area contributed by atoms with Crippen LogP contribution in [0.1, 0.15) is 65.5 Å². The van der Waals surface area contributed by atoms with Gasteiger partial charge in [0.2, 0.25) is 0 Å². The third-order valence-corrected chi connectivity index (χ3v) is 9.68. The Balaban J connectivity index is 0.000000225. The fourth-order valence-electron chi connectivity index (χ4n) is 5.96. The Hall–Kier alpha value is -6.28. The number of hydrogen-bond acceptors (Lipinski definition) is 6. The zero-order chi connectivity index (χ0) is 41.2. The molecule has 0 amide bonds. The predicted octanol–water partition coefficient (Wildman–Crippen LogP) is 11.2. The minimum absolute atomic E-state index is 0.176. The monoisotopic (exact) mass is 754 g/mol. The quantitative estimate of drug-likeness (QED) is 0.0760. The molecule has 6 aromatic carbocycles. The van der Waals surface area contributed by atoms with E-state index in [0.717, 1.165) is 54.2 Å². The van der Waals surface area contributed by atoms with Gasteiger partial charge in [-0.15, -0.1) is 0 Å². The highest BCUT2D eigenvalue weighted by atomic mass is 16.5. The molecular weight excluding hydrogens is 705 g/mol. The Bertz CT molecular complexity index is 2320. The third kappa shape index (κ3) is 10.7. The second-order valence-corrected chi connectivity index (χ2v) is 15.2. The maximum Gasteiger partial charge on any atom is 0.333 e. The lowest BCUT2D eigenvalue weighted by molar-refractivity contribution is -0.157. The van der Waals surface area contributed by atoms with Crippen LogP contribution in [-0.4, -0.2) is 34.1 Å². The zero-order valence-corrected chi connectivity index (χ0v) is 33.0. The third-order valence-electron chi connectivity index (χ3n) is 9.68. The Labute approximate surface area is 328 Å². The summed E-state index contributed by atoms with van der Waals surface area (Å²) in [5, 5.41) is 26.1. The minimum atomic E-state index is -0.935. The first-order chi connectivity index (χ1) is 26.4. The number of aliphatic carboxylic acids is 2. The molecule has 0 radical (unpaired) electrons. The summed E-state index contributed by atoms with van der Waals surface area (Å²) in [6, 6.07) is 36.8. The molecule has 0 spiro atoms. The lowest BCUT2D eigenvalue weighted by Crippen LogP contribution is -2.31. The molecule has 0 fully saturated rings. The summed E-state index contributed by atoms with van der Waals surface area (Å²) in [6.45, 7) is 17.3. The van der Waals surface area contributed by atoms with E-state index in [1.807, 2.05) is 74.5 Å². The molecule has 290 valence electrons. The van der Waals surface area contributed by atoms with Crippen molar-refractivity contribution in [1.82, 2.24) is 0 Å². The number of ether oxygens (including phenoxy) is 2. The summed E-state index contributed by atoms with van der Waals surface area (Å²) in [7, 11) is 0. The number of fused-ring (bicyclic) bond motifs is 4. The maximum atomic E-state index is 12.8. The molecule has 0 atom stereocenters. The van der Waals surface area contributed by atoms with Crippen LogP contribution in [0.15, 0.2) is 133 Å². The van der Waals surface area contributed by atoms with E-state index in [1.54, 1.807) is 20.8 Å². The number of carbonyl (C=O) groups excluding carboxylic acids is 2. The second-order valence-electron chi connectivity index (χ2n) is 15.2. The number of carboxylic acids is 2. The highest BCUT2D eigenvalue weighted by molar-refractivity contribution is 6.03. The number of benzene rings is 6. The lowest BCUT2D eigenvalue weighted by atomic mass is 9.79. The first kappa shape index (κ1) is 42.5. The molecule has 56 heavy (non-hydrogen) atoms. The Morgan fingerprint density at radius 1 is 0.536 bits per heavy atom. The van der Waals surface area contributed by atoms with E-state index in [-0.39, 0.29) is 30.7 Å². The molecule has 8 nitrogen and oxygen atoms in total. The van der Waals surface area contributed by atoms with E-state index in [9.17, 15) is 24.3 Å². The van der Waals surface area contributed by atoms with Crippen LogP contribution in [0.4, 0.5) is 0 Å². The molecule has 0 unspecified atom stereocenters. The van der Waals surface area contributed by atoms with Gasteiger partial charge < -0.3 is 19.7 Å². The van der Waals surface area contributed by atoms with Gasteiger partial charge in [-0.05, 0) is 110 Å². The molecule has 0 saturated carbocycles. The smallest absolute Gasteiger partial charge is 0.333 e. The summed E-state index contributed by atoms with van der Waals surface area (Å²) in [5.74, 6) is -2.46. The van der Waals surface area contributed by atoms with Gasteiger partial charge in [0.25, 0.3) is 0 Å². The molecule has 0 aliphatic carbocycles. The van der Waals surface area contributed by atoms with E-state index in [1.165, 1.54) is 6.92 Å². The normalized spacial score (nSPS) is 11.2. The van der Waals surface area contributed by atoms with Crippen molar-refractivity contribution < 1.29 is 38.9 Å². The molecular formula is C48H50O8. The van der Waals surface area contributed by atoms with Crippen molar-refractivity contribution in [1.29, 1.82) is 0 Å². The maximum absolute atomic E-state index is 12.8. The fourth-order valence-corrected chi connectivity index (χ4v) is 5.96. The highest BCUT2D eigenvalue weighted by Gasteiger charge is 2.35. The molecule has 6 rings (SSSR count). The van der Waals surface area contributed by atoms with Crippen LogP contribution in [-0.2, 0) is 41.9 Å². The van der Waals surface area contributed by atoms with Gasteiger partial charge in [0.1, 0.15) is 13.2 Å². The van der Waals surface area contributed by atoms with Crippen molar-refractivity contribution >= 4 is 67.0 Å². The topological polar surface area (TPSA) is 127 Å². The summed E-state index contributed by atoms with van der Waals surface area (Å²) in [5.41, 5.74) is 0.998. The average Bonchev–Trinajstić information content (AvgIpc) is 3.17. The van der Waals surface area contributed by atoms with Gasteiger partial charge in [-0.25, -0.2) is 9.59 Å². The van der Waals surface area contributed by atoms with Crippen molar-refractivity contribution in [2.24, 2.45) is 10.8 Å². The first-order valence-corrected chi connectivity index (χ1v) is 18.3. The Morgan fingerprint density at radius 2 is 0.857 bits per heavy atom. The van der Waals surface area contributed by atoms with Gasteiger partial charge in [0.05, 0.1) is 10.8 Å². The lowest BCUT2D eigenvalue weighted by Gasteiger charge is -2.27. The molecule has 6 aromatic rings. The van der Waals surface area contributed by atoms with Crippen molar-refractivity contribution in [2.45, 2.75) is 67.6 Å². The van der Waals surface area contributed by atoms with Crippen LogP contribution < -0.4 is 0 Å². The van der Waals surface area contributed by atoms with Crippen LogP contribution in [0.2, 0.25) is 0 Å². The minimum Gasteiger partial charge on any atom is -0.481 e. The molecule has 0 aliphatic rings. The molecule has 2 N–H and O–H groups in total. The molecule has 0 aromatic heterocycles. The predicted molar refractivity (Wildman–Crippen MR) is 224 cm³/mol. The summed E-state index contributed by atoms with van der Waals surface area (Å²) >= 11 is 0. The average molecular weight is 755 g/mol. The van der Waals surface area contributed by atoms with Crippen LogP contribution in [0.3, 0.4) is 0 Å². The van der Waals surface area contributed by atoms with Gasteiger partial charge in [-0.1, -0.05) is 110 Å². The number of esters is 2. The van der Waals surface area contributed by atoms with E-state index >= 15 is 0 Å². The zero-order valence-electron chi connectivity index (χ0n) is 33.0.